The zero-order valence-corrected chi connectivity index (χ0v) is 23.2. The fraction of sp³-hybridized carbons (Fsp3) is 0.500. The Morgan fingerprint density at radius 1 is 1.05 bits per heavy atom. The maximum Gasteiger partial charge on any atom is 0.409 e. The summed E-state index contributed by atoms with van der Waals surface area (Å²) in [6, 6.07) is 8.87. The molecule has 2 fully saturated rings. The maximum absolute atomic E-state index is 13.4. The quantitative estimate of drug-likeness (QED) is 0.376. The van der Waals surface area contributed by atoms with Gasteiger partial charge in [0, 0.05) is 37.8 Å². The number of nitrogens with one attached hydrogen (secondary N) is 1. The summed E-state index contributed by atoms with van der Waals surface area (Å²) >= 11 is 0. The molecule has 14 heteroatoms. The van der Waals surface area contributed by atoms with Crippen molar-refractivity contribution in [1.29, 1.82) is 0 Å². The Morgan fingerprint density at radius 3 is 2.33 bits per heavy atom. The lowest BCUT2D eigenvalue weighted by molar-refractivity contribution is -0.134. The SMILES string of the molecule is CCOC(=O)N1CCN(C(=O)[C@H](CP(=O)(O)O)NC(=O)c2cc(OC3CCCC3)nc(-c3ccccc3)n2)CC1. The van der Waals surface area contributed by atoms with Crippen LogP contribution in [0.15, 0.2) is 36.4 Å². The first-order valence-corrected chi connectivity index (χ1v) is 15.1. The number of benzene rings is 1. The molecule has 0 spiro atoms. The number of piperazine rings is 1. The number of aromatic nitrogens is 2. The van der Waals surface area contributed by atoms with Crippen molar-refractivity contribution in [3.05, 3.63) is 42.1 Å². The number of hydrogen-bond donors (Lipinski definition) is 3. The van der Waals surface area contributed by atoms with E-state index in [4.69, 9.17) is 9.47 Å². The molecule has 4 rings (SSSR count). The van der Waals surface area contributed by atoms with E-state index in [2.05, 4.69) is 15.3 Å². The van der Waals surface area contributed by atoms with Gasteiger partial charge in [-0.3, -0.25) is 14.2 Å². The molecule has 1 saturated carbocycles. The standard InChI is InChI=1S/C26H34N5O8P/c1-2-38-26(34)31-14-12-30(13-15-31)25(33)21(17-40(35,36)37)28-24(32)20-16-22(39-19-10-6-7-11-19)29-23(27-20)18-8-4-3-5-9-18/h3-5,8-9,16,19,21H,2,6-7,10-15,17H2,1H3,(H,28,32)(H2,35,36,37)/t21-/m0/s1. The van der Waals surface area contributed by atoms with Crippen molar-refractivity contribution in [2.24, 2.45) is 0 Å². The van der Waals surface area contributed by atoms with Crippen LogP contribution in [0, 0.1) is 0 Å². The molecule has 3 amide bonds. The van der Waals surface area contributed by atoms with Crippen LogP contribution in [0.2, 0.25) is 0 Å². The van der Waals surface area contributed by atoms with Crippen molar-refractivity contribution < 1.29 is 38.2 Å². The molecule has 0 unspecified atom stereocenters. The number of hydrogen-bond acceptors (Lipinski definition) is 8. The van der Waals surface area contributed by atoms with Gasteiger partial charge in [0.05, 0.1) is 12.8 Å². The van der Waals surface area contributed by atoms with Gasteiger partial charge < -0.3 is 34.4 Å². The number of amides is 3. The molecule has 0 bridgehead atoms. The van der Waals surface area contributed by atoms with Crippen molar-refractivity contribution in [2.75, 3.05) is 38.9 Å². The summed E-state index contributed by atoms with van der Waals surface area (Å²) < 4.78 is 22.9. The van der Waals surface area contributed by atoms with E-state index in [-0.39, 0.29) is 56.3 Å². The molecule has 0 radical (unpaired) electrons. The Hall–Kier alpha value is -3.54. The van der Waals surface area contributed by atoms with Gasteiger partial charge in [0.15, 0.2) is 5.82 Å². The van der Waals surface area contributed by atoms with E-state index in [0.29, 0.717) is 5.56 Å². The van der Waals surface area contributed by atoms with Crippen molar-refractivity contribution in [3.63, 3.8) is 0 Å². The summed E-state index contributed by atoms with van der Waals surface area (Å²) in [6.07, 6.45) is 2.39. The monoisotopic (exact) mass is 575 g/mol. The van der Waals surface area contributed by atoms with Crippen LogP contribution < -0.4 is 10.1 Å². The first-order chi connectivity index (χ1) is 19.1. The van der Waals surface area contributed by atoms with Gasteiger partial charge in [-0.05, 0) is 32.6 Å². The van der Waals surface area contributed by atoms with Gasteiger partial charge in [-0.15, -0.1) is 0 Å². The third-order valence-electron chi connectivity index (χ3n) is 6.70. The normalized spacial score (nSPS) is 16.9. The second-order valence-corrected chi connectivity index (χ2v) is 11.4. The summed E-state index contributed by atoms with van der Waals surface area (Å²) in [5.41, 5.74) is 0.549. The highest BCUT2D eigenvalue weighted by Gasteiger charge is 2.35. The van der Waals surface area contributed by atoms with E-state index in [9.17, 15) is 28.7 Å². The molecule has 1 aliphatic carbocycles. The summed E-state index contributed by atoms with van der Waals surface area (Å²) in [6.45, 7) is 2.53. The maximum atomic E-state index is 13.4. The number of rotatable bonds is 9. The minimum atomic E-state index is -4.70. The van der Waals surface area contributed by atoms with Crippen LogP contribution in [-0.4, -0.2) is 98.6 Å². The molecule has 2 heterocycles. The third kappa shape index (κ3) is 8.00. The smallest absolute Gasteiger partial charge is 0.409 e. The van der Waals surface area contributed by atoms with Crippen LogP contribution >= 0.6 is 7.60 Å². The van der Waals surface area contributed by atoms with E-state index in [0.717, 1.165) is 25.7 Å². The molecular formula is C26H34N5O8P. The summed E-state index contributed by atoms with van der Waals surface area (Å²) in [4.78, 5) is 69.6. The summed E-state index contributed by atoms with van der Waals surface area (Å²) in [7, 11) is -4.70. The van der Waals surface area contributed by atoms with Crippen molar-refractivity contribution in [2.45, 2.75) is 44.8 Å². The molecule has 3 N–H and O–H groups in total. The van der Waals surface area contributed by atoms with Crippen molar-refractivity contribution >= 4 is 25.5 Å². The average Bonchev–Trinajstić information content (AvgIpc) is 3.45. The second kappa shape index (κ2) is 13.2. The van der Waals surface area contributed by atoms with Gasteiger partial charge in [0.1, 0.15) is 17.8 Å². The highest BCUT2D eigenvalue weighted by molar-refractivity contribution is 7.51. The zero-order chi connectivity index (χ0) is 28.7. The minimum absolute atomic E-state index is 0.0355. The van der Waals surface area contributed by atoms with E-state index in [1.807, 2.05) is 6.07 Å². The molecule has 1 aromatic heterocycles. The highest BCUT2D eigenvalue weighted by atomic mass is 31.2. The fourth-order valence-electron chi connectivity index (χ4n) is 4.70. The number of nitrogens with zero attached hydrogens (tertiary/aromatic N) is 4. The molecule has 40 heavy (non-hydrogen) atoms. The van der Waals surface area contributed by atoms with Crippen LogP contribution in [0.4, 0.5) is 4.79 Å². The molecule has 216 valence electrons. The lowest BCUT2D eigenvalue weighted by Gasteiger charge is -2.36. The van der Waals surface area contributed by atoms with Gasteiger partial charge >= 0.3 is 13.7 Å². The second-order valence-electron chi connectivity index (χ2n) is 9.69. The third-order valence-corrected chi connectivity index (χ3v) is 7.54. The minimum Gasteiger partial charge on any atom is -0.474 e. The largest absolute Gasteiger partial charge is 0.474 e. The Kier molecular flexibility index (Phi) is 9.72. The number of ether oxygens (including phenoxy) is 2. The Balaban J connectivity index is 1.54. The van der Waals surface area contributed by atoms with Gasteiger partial charge in [-0.1, -0.05) is 30.3 Å². The molecule has 2 aromatic rings. The van der Waals surface area contributed by atoms with E-state index in [1.54, 1.807) is 31.2 Å². The molecule has 13 nitrogen and oxygen atoms in total. The lowest BCUT2D eigenvalue weighted by atomic mass is 10.2. The van der Waals surface area contributed by atoms with Crippen molar-refractivity contribution in [1.82, 2.24) is 25.1 Å². The first-order valence-electron chi connectivity index (χ1n) is 13.3. The summed E-state index contributed by atoms with van der Waals surface area (Å²) in [5, 5.41) is 2.47. The van der Waals surface area contributed by atoms with Gasteiger partial charge in [-0.25, -0.2) is 9.78 Å². The average molecular weight is 576 g/mol. The van der Waals surface area contributed by atoms with Gasteiger partial charge in [-0.2, -0.15) is 4.98 Å². The first kappa shape index (κ1) is 29.4. The number of carbonyl (C=O) groups is 3. The van der Waals surface area contributed by atoms with E-state index in [1.165, 1.54) is 15.9 Å². The van der Waals surface area contributed by atoms with Crippen LogP contribution in [0.1, 0.15) is 43.1 Å². The van der Waals surface area contributed by atoms with E-state index >= 15 is 0 Å². The Morgan fingerprint density at radius 2 is 1.70 bits per heavy atom. The predicted molar refractivity (Wildman–Crippen MR) is 144 cm³/mol. The molecule has 1 saturated heterocycles. The van der Waals surface area contributed by atoms with Crippen LogP contribution in [0.25, 0.3) is 11.4 Å². The van der Waals surface area contributed by atoms with Crippen LogP contribution in [-0.2, 0) is 14.1 Å². The Bertz CT molecular complexity index is 1240. The van der Waals surface area contributed by atoms with E-state index < -0.39 is 37.7 Å². The van der Waals surface area contributed by atoms with Gasteiger partial charge in [0.25, 0.3) is 5.91 Å². The predicted octanol–water partition coefficient (Wildman–Crippen LogP) is 2.04. The van der Waals surface area contributed by atoms with Crippen LogP contribution in [0.3, 0.4) is 0 Å². The van der Waals surface area contributed by atoms with Crippen LogP contribution in [0.5, 0.6) is 5.88 Å². The lowest BCUT2D eigenvalue weighted by Crippen LogP contribution is -2.56. The molecular weight excluding hydrogens is 541 g/mol. The Labute approximate surface area is 232 Å². The molecule has 1 atom stereocenters. The fourth-order valence-corrected chi connectivity index (χ4v) is 5.42. The molecule has 1 aliphatic heterocycles. The van der Waals surface area contributed by atoms with Gasteiger partial charge in [0.2, 0.25) is 11.8 Å². The van der Waals surface area contributed by atoms with Crippen molar-refractivity contribution in [3.8, 4) is 17.3 Å². The molecule has 1 aromatic carbocycles. The molecule has 2 aliphatic rings. The number of carbonyl (C=O) groups excluding carboxylic acids is 3. The summed E-state index contributed by atoms with van der Waals surface area (Å²) in [5.74, 6) is -1.01. The topological polar surface area (TPSA) is 171 Å². The highest BCUT2D eigenvalue weighted by Crippen LogP contribution is 2.35. The zero-order valence-electron chi connectivity index (χ0n) is 22.3.